The van der Waals surface area contributed by atoms with Crippen molar-refractivity contribution in [3.8, 4) is 5.69 Å². The molecule has 7 nitrogen and oxygen atoms in total. The number of hydrogen-bond donors (Lipinski definition) is 2. The topological polar surface area (TPSA) is 93.1 Å². The monoisotopic (exact) mass is 458 g/mol. The Bertz CT molecular complexity index is 1420. The number of amides is 2. The molecule has 1 aliphatic carbocycles. The highest BCUT2D eigenvalue weighted by molar-refractivity contribution is 7.14. The Balaban J connectivity index is 1.26. The van der Waals surface area contributed by atoms with E-state index in [1.165, 1.54) is 32.7 Å². The Hall–Kier alpha value is -3.78. The number of aromatic nitrogens is 2. The van der Waals surface area contributed by atoms with Gasteiger partial charge in [0.25, 0.3) is 17.4 Å². The lowest BCUT2D eigenvalue weighted by Gasteiger charge is -2.16. The van der Waals surface area contributed by atoms with E-state index in [4.69, 9.17) is 0 Å². The first-order chi connectivity index (χ1) is 16.0. The van der Waals surface area contributed by atoms with Crippen molar-refractivity contribution >= 4 is 34.1 Å². The van der Waals surface area contributed by atoms with Gasteiger partial charge in [-0.3, -0.25) is 29.8 Å². The molecule has 2 aromatic carbocycles. The molecule has 4 aromatic rings. The van der Waals surface area contributed by atoms with E-state index in [1.54, 1.807) is 42.5 Å². The van der Waals surface area contributed by atoms with Crippen LogP contribution in [0.3, 0.4) is 0 Å². The van der Waals surface area contributed by atoms with Gasteiger partial charge in [-0.25, -0.2) is 4.98 Å². The molecule has 166 valence electrons. The van der Waals surface area contributed by atoms with E-state index in [-0.39, 0.29) is 11.5 Å². The van der Waals surface area contributed by atoms with Gasteiger partial charge < -0.3 is 0 Å². The maximum absolute atomic E-state index is 12.7. The van der Waals surface area contributed by atoms with Crippen LogP contribution in [0, 0.1) is 5.92 Å². The zero-order valence-electron chi connectivity index (χ0n) is 18.0. The van der Waals surface area contributed by atoms with Gasteiger partial charge in [-0.05, 0) is 73.2 Å². The molecule has 1 atom stereocenters. The standard InChI is InChI=1S/C25H22N4O3S/c1-15-6-11-21-17(12-15)13-22(33-21)24(31)28-27-23(30)16-7-9-18(10-8-16)29-14-26-20-5-3-2-4-19(20)25(29)32/h2-5,7-10,13-15H,6,11-12H2,1H3,(H,27,30)(H,28,31). The molecule has 0 saturated carbocycles. The van der Waals surface area contributed by atoms with Crippen LogP contribution in [0.2, 0.25) is 0 Å². The lowest BCUT2D eigenvalue weighted by molar-refractivity contribution is 0.0849. The number of thiophene rings is 1. The second kappa shape index (κ2) is 8.63. The lowest BCUT2D eigenvalue weighted by atomic mass is 9.90. The number of carbonyl (C=O) groups excluding carboxylic acids is 2. The second-order valence-corrected chi connectivity index (χ2v) is 9.44. The zero-order valence-corrected chi connectivity index (χ0v) is 18.8. The average Bonchev–Trinajstić information content (AvgIpc) is 3.26. The third-order valence-electron chi connectivity index (χ3n) is 5.92. The van der Waals surface area contributed by atoms with Crippen molar-refractivity contribution in [1.82, 2.24) is 20.4 Å². The van der Waals surface area contributed by atoms with Crippen LogP contribution < -0.4 is 16.4 Å². The molecule has 5 rings (SSSR count). The predicted octanol–water partition coefficient (Wildman–Crippen LogP) is 3.65. The van der Waals surface area contributed by atoms with Crippen LogP contribution in [-0.2, 0) is 12.8 Å². The summed E-state index contributed by atoms with van der Waals surface area (Å²) in [5.41, 5.74) is 7.61. The predicted molar refractivity (Wildman–Crippen MR) is 128 cm³/mol. The van der Waals surface area contributed by atoms with Crippen LogP contribution in [0.15, 0.2) is 65.7 Å². The molecule has 0 bridgehead atoms. The minimum Gasteiger partial charge on any atom is -0.268 e. The van der Waals surface area contributed by atoms with Gasteiger partial charge in [0.05, 0.1) is 21.5 Å². The Labute approximate surface area is 194 Å². The van der Waals surface area contributed by atoms with Gasteiger partial charge in [-0.1, -0.05) is 19.1 Å². The van der Waals surface area contributed by atoms with Gasteiger partial charge >= 0.3 is 0 Å². The normalized spacial score (nSPS) is 15.1. The number of rotatable bonds is 3. The summed E-state index contributed by atoms with van der Waals surface area (Å²) in [6.45, 7) is 2.22. The maximum atomic E-state index is 12.7. The molecule has 2 amide bonds. The van der Waals surface area contributed by atoms with Crippen molar-refractivity contribution in [3.05, 3.63) is 92.2 Å². The molecule has 33 heavy (non-hydrogen) atoms. The number of hydrazine groups is 1. The summed E-state index contributed by atoms with van der Waals surface area (Å²) < 4.78 is 1.44. The van der Waals surface area contributed by atoms with E-state index in [1.807, 2.05) is 12.1 Å². The number of para-hydroxylation sites is 1. The summed E-state index contributed by atoms with van der Waals surface area (Å²) in [5.74, 6) is -0.124. The Morgan fingerprint density at radius 3 is 2.64 bits per heavy atom. The SMILES string of the molecule is CC1CCc2sc(C(=O)NNC(=O)c3ccc(-n4cnc5ccccc5c4=O)cc3)cc2C1. The van der Waals surface area contributed by atoms with Crippen LogP contribution in [-0.4, -0.2) is 21.4 Å². The number of nitrogens with one attached hydrogen (secondary N) is 2. The summed E-state index contributed by atoms with van der Waals surface area (Å²) >= 11 is 1.49. The fraction of sp³-hybridized carbons (Fsp3) is 0.200. The van der Waals surface area contributed by atoms with Gasteiger partial charge in [0, 0.05) is 10.4 Å². The van der Waals surface area contributed by atoms with E-state index in [9.17, 15) is 14.4 Å². The van der Waals surface area contributed by atoms with Gasteiger partial charge in [0.2, 0.25) is 0 Å². The highest BCUT2D eigenvalue weighted by Gasteiger charge is 2.21. The van der Waals surface area contributed by atoms with Crippen LogP contribution in [0.1, 0.15) is 43.8 Å². The molecule has 2 N–H and O–H groups in total. The molecule has 1 unspecified atom stereocenters. The smallest absolute Gasteiger partial charge is 0.268 e. The minimum atomic E-state index is -0.436. The number of benzene rings is 2. The van der Waals surface area contributed by atoms with Crippen molar-refractivity contribution in [2.24, 2.45) is 5.92 Å². The largest absolute Gasteiger partial charge is 0.279 e. The number of hydrogen-bond acceptors (Lipinski definition) is 5. The lowest BCUT2D eigenvalue weighted by Crippen LogP contribution is -2.41. The van der Waals surface area contributed by atoms with E-state index in [0.29, 0.717) is 32.9 Å². The van der Waals surface area contributed by atoms with Gasteiger partial charge in [-0.15, -0.1) is 11.3 Å². The summed E-state index contributed by atoms with van der Waals surface area (Å²) in [4.78, 5) is 43.9. The summed E-state index contributed by atoms with van der Waals surface area (Å²) in [6.07, 6.45) is 4.61. The van der Waals surface area contributed by atoms with Crippen LogP contribution in [0.25, 0.3) is 16.6 Å². The second-order valence-electron chi connectivity index (χ2n) is 8.30. The van der Waals surface area contributed by atoms with Crippen molar-refractivity contribution in [2.45, 2.75) is 26.2 Å². The van der Waals surface area contributed by atoms with Crippen LogP contribution >= 0.6 is 11.3 Å². The Morgan fingerprint density at radius 1 is 1.06 bits per heavy atom. The zero-order chi connectivity index (χ0) is 22.9. The highest BCUT2D eigenvalue weighted by Crippen LogP contribution is 2.32. The molecule has 1 aliphatic rings. The van der Waals surface area contributed by atoms with E-state index >= 15 is 0 Å². The van der Waals surface area contributed by atoms with Gasteiger partial charge in [0.1, 0.15) is 6.33 Å². The summed E-state index contributed by atoms with van der Waals surface area (Å²) in [6, 6.07) is 15.6. The quantitative estimate of drug-likeness (QED) is 0.459. The van der Waals surface area contributed by atoms with E-state index < -0.39 is 5.91 Å². The fourth-order valence-electron chi connectivity index (χ4n) is 4.09. The number of nitrogens with zero attached hydrogens (tertiary/aromatic N) is 2. The number of carbonyl (C=O) groups is 2. The molecule has 2 aromatic heterocycles. The summed E-state index contributed by atoms with van der Waals surface area (Å²) in [7, 11) is 0. The third-order valence-corrected chi connectivity index (χ3v) is 7.15. The van der Waals surface area contributed by atoms with Crippen molar-refractivity contribution in [3.63, 3.8) is 0 Å². The van der Waals surface area contributed by atoms with Crippen LogP contribution in [0.4, 0.5) is 0 Å². The van der Waals surface area contributed by atoms with E-state index in [0.717, 1.165) is 19.3 Å². The third kappa shape index (κ3) is 4.17. The van der Waals surface area contributed by atoms with Crippen molar-refractivity contribution in [2.75, 3.05) is 0 Å². The molecule has 0 radical (unpaired) electrons. The first-order valence-electron chi connectivity index (χ1n) is 10.8. The number of aryl methyl sites for hydroxylation is 1. The molecule has 0 saturated heterocycles. The first-order valence-corrected chi connectivity index (χ1v) is 11.6. The molecule has 0 fully saturated rings. The molecule has 8 heteroatoms. The number of fused-ring (bicyclic) bond motifs is 2. The van der Waals surface area contributed by atoms with Gasteiger partial charge in [0.15, 0.2) is 0 Å². The molecule has 0 aliphatic heterocycles. The molecule has 0 spiro atoms. The van der Waals surface area contributed by atoms with Gasteiger partial charge in [-0.2, -0.15) is 0 Å². The molecular weight excluding hydrogens is 436 g/mol. The summed E-state index contributed by atoms with van der Waals surface area (Å²) in [5, 5.41) is 0.522. The minimum absolute atomic E-state index is 0.182. The van der Waals surface area contributed by atoms with E-state index in [2.05, 4.69) is 22.8 Å². The highest BCUT2D eigenvalue weighted by atomic mass is 32.1. The fourth-order valence-corrected chi connectivity index (χ4v) is 5.20. The molecular formula is C25H22N4O3S. The van der Waals surface area contributed by atoms with Crippen LogP contribution in [0.5, 0.6) is 0 Å². The van der Waals surface area contributed by atoms with Crippen molar-refractivity contribution in [1.29, 1.82) is 0 Å². The Morgan fingerprint density at radius 2 is 1.82 bits per heavy atom. The molecule has 2 heterocycles. The Kier molecular flexibility index (Phi) is 5.51. The average molecular weight is 459 g/mol. The first kappa shape index (κ1) is 21.1. The maximum Gasteiger partial charge on any atom is 0.279 e. The van der Waals surface area contributed by atoms with Crippen molar-refractivity contribution < 1.29 is 9.59 Å².